The van der Waals surface area contributed by atoms with Crippen LogP contribution in [0.15, 0.2) is 59.5 Å². The van der Waals surface area contributed by atoms with Crippen molar-refractivity contribution in [1.29, 1.82) is 0 Å². The van der Waals surface area contributed by atoms with Crippen molar-refractivity contribution in [1.82, 2.24) is 24.6 Å². The largest absolute Gasteiger partial charge is 0.459 e. The minimum atomic E-state index is -5.81. The topological polar surface area (TPSA) is 69.1 Å². The van der Waals surface area contributed by atoms with E-state index in [0.29, 0.717) is 10.9 Å². The Morgan fingerprint density at radius 3 is 2.34 bits per heavy atom. The van der Waals surface area contributed by atoms with Crippen LogP contribution in [0.4, 0.5) is 22.0 Å². The summed E-state index contributed by atoms with van der Waals surface area (Å²) < 4.78 is 74.6. The van der Waals surface area contributed by atoms with Crippen LogP contribution in [0.2, 0.25) is 0 Å². The second-order valence-corrected chi connectivity index (χ2v) is 7.16. The van der Waals surface area contributed by atoms with Gasteiger partial charge < -0.3 is 4.42 Å². The third kappa shape index (κ3) is 3.08. The third-order valence-corrected chi connectivity index (χ3v) is 5.02. The molecule has 0 saturated carbocycles. The molecule has 0 aliphatic heterocycles. The van der Waals surface area contributed by atoms with Gasteiger partial charge in [-0.1, -0.05) is 29.8 Å². The lowest BCUT2D eigenvalue weighted by Gasteiger charge is -2.20. The zero-order valence-electron chi connectivity index (χ0n) is 16.2. The van der Waals surface area contributed by atoms with Crippen LogP contribution in [0.25, 0.3) is 39.4 Å². The number of aryl methyl sites for hydroxylation is 1. The van der Waals surface area contributed by atoms with Gasteiger partial charge in [0.2, 0.25) is 6.39 Å². The van der Waals surface area contributed by atoms with E-state index in [1.165, 1.54) is 10.6 Å². The molecule has 0 amide bonds. The van der Waals surface area contributed by atoms with E-state index in [2.05, 4.69) is 20.2 Å². The molecule has 6 nitrogen and oxygen atoms in total. The van der Waals surface area contributed by atoms with Gasteiger partial charge in [0.15, 0.2) is 0 Å². The lowest BCUT2D eigenvalue weighted by atomic mass is 9.99. The van der Waals surface area contributed by atoms with Gasteiger partial charge in [-0.3, -0.25) is 4.40 Å². The first-order chi connectivity index (χ1) is 15.1. The van der Waals surface area contributed by atoms with Crippen molar-refractivity contribution in [2.75, 3.05) is 0 Å². The molecule has 4 aromatic heterocycles. The van der Waals surface area contributed by atoms with Crippen LogP contribution in [0.5, 0.6) is 0 Å². The number of alkyl halides is 5. The number of nitrogens with zero attached hydrogens (tertiary/aromatic N) is 5. The number of hydrogen-bond acceptors (Lipinski definition) is 5. The maximum Gasteiger partial charge on any atom is 0.459 e. The lowest BCUT2D eigenvalue weighted by Crippen LogP contribution is -2.34. The second kappa shape index (κ2) is 6.81. The second-order valence-electron chi connectivity index (χ2n) is 7.16. The van der Waals surface area contributed by atoms with E-state index in [1.54, 1.807) is 36.4 Å². The highest BCUT2D eigenvalue weighted by atomic mass is 19.4. The molecule has 32 heavy (non-hydrogen) atoms. The van der Waals surface area contributed by atoms with Crippen LogP contribution < -0.4 is 0 Å². The Kier molecular flexibility index (Phi) is 4.26. The first kappa shape index (κ1) is 20.0. The summed E-state index contributed by atoms with van der Waals surface area (Å²) in [5.74, 6) is -5.09. The van der Waals surface area contributed by atoms with Crippen LogP contribution in [0.3, 0.4) is 0 Å². The average molecular weight is 445 g/mol. The summed E-state index contributed by atoms with van der Waals surface area (Å²) >= 11 is 0. The molecule has 0 aliphatic rings. The van der Waals surface area contributed by atoms with E-state index in [1.807, 2.05) is 6.92 Å². The van der Waals surface area contributed by atoms with E-state index in [-0.39, 0.29) is 28.4 Å². The molecule has 0 spiro atoms. The van der Waals surface area contributed by atoms with Gasteiger partial charge in [0.1, 0.15) is 22.7 Å². The number of aromatic nitrogens is 5. The summed E-state index contributed by atoms with van der Waals surface area (Å²) in [4.78, 5) is 8.00. The molecule has 0 bridgehead atoms. The van der Waals surface area contributed by atoms with Crippen LogP contribution >= 0.6 is 0 Å². The number of imidazole rings is 1. The maximum atomic E-state index is 14.3. The molecule has 0 radical (unpaired) electrons. The lowest BCUT2D eigenvalue weighted by molar-refractivity contribution is -0.290. The highest BCUT2D eigenvalue weighted by Crippen LogP contribution is 2.45. The Morgan fingerprint density at radius 1 is 0.938 bits per heavy atom. The fourth-order valence-electron chi connectivity index (χ4n) is 3.39. The van der Waals surface area contributed by atoms with Gasteiger partial charge >= 0.3 is 12.1 Å². The summed E-state index contributed by atoms with van der Waals surface area (Å²) in [7, 11) is 0. The highest BCUT2D eigenvalue weighted by molar-refractivity contribution is 5.94. The van der Waals surface area contributed by atoms with Gasteiger partial charge in [-0.05, 0) is 36.2 Å². The SMILES string of the molecule is Cc1ccc(-c2cc(C(F)(F)C(F)(F)F)nc3c2ccc2nc(-c4nnco4)cn23)cc1. The number of benzene rings is 1. The van der Waals surface area contributed by atoms with Gasteiger partial charge in [0.25, 0.3) is 5.89 Å². The molecule has 162 valence electrons. The minimum Gasteiger partial charge on any atom is -0.422 e. The molecule has 0 N–H and O–H groups in total. The fraction of sp³-hybridized carbons (Fsp3) is 0.143. The smallest absolute Gasteiger partial charge is 0.422 e. The summed E-state index contributed by atoms with van der Waals surface area (Å²) in [6, 6.07) is 10.8. The molecule has 0 atom stereocenters. The third-order valence-electron chi connectivity index (χ3n) is 5.02. The van der Waals surface area contributed by atoms with Crippen molar-refractivity contribution in [3.63, 3.8) is 0 Å². The molecule has 5 rings (SSSR count). The van der Waals surface area contributed by atoms with Gasteiger partial charge in [-0.15, -0.1) is 10.2 Å². The van der Waals surface area contributed by atoms with Crippen molar-refractivity contribution >= 4 is 16.7 Å². The number of hydrogen-bond donors (Lipinski definition) is 0. The summed E-state index contributed by atoms with van der Waals surface area (Å²) in [6.45, 7) is 1.84. The van der Waals surface area contributed by atoms with Gasteiger partial charge in [0, 0.05) is 11.6 Å². The average Bonchev–Trinajstić information content (AvgIpc) is 3.42. The van der Waals surface area contributed by atoms with E-state index in [4.69, 9.17) is 4.42 Å². The van der Waals surface area contributed by atoms with Gasteiger partial charge in [0.05, 0.1) is 0 Å². The molecule has 0 unspecified atom stereocenters. The fourth-order valence-corrected chi connectivity index (χ4v) is 3.39. The van der Waals surface area contributed by atoms with E-state index >= 15 is 0 Å². The van der Waals surface area contributed by atoms with Crippen molar-refractivity contribution in [2.45, 2.75) is 19.0 Å². The zero-order valence-corrected chi connectivity index (χ0v) is 16.2. The molecule has 11 heteroatoms. The summed E-state index contributed by atoms with van der Waals surface area (Å²) in [5.41, 5.74) is 0.533. The Balaban J connectivity index is 1.85. The molecule has 4 heterocycles. The molecular formula is C21H12F5N5O. The summed E-state index contributed by atoms with van der Waals surface area (Å²) in [6.07, 6.45) is -3.32. The maximum absolute atomic E-state index is 14.3. The zero-order chi connectivity index (χ0) is 22.7. The van der Waals surface area contributed by atoms with Crippen LogP contribution in [0, 0.1) is 6.92 Å². The Morgan fingerprint density at radius 2 is 1.69 bits per heavy atom. The molecule has 5 aromatic rings. The quantitative estimate of drug-likeness (QED) is 0.340. The van der Waals surface area contributed by atoms with Crippen molar-refractivity contribution in [3.05, 3.63) is 66.3 Å². The van der Waals surface area contributed by atoms with Crippen LogP contribution in [-0.4, -0.2) is 30.7 Å². The number of rotatable bonds is 3. The van der Waals surface area contributed by atoms with E-state index in [9.17, 15) is 22.0 Å². The van der Waals surface area contributed by atoms with E-state index < -0.39 is 17.8 Å². The highest BCUT2D eigenvalue weighted by Gasteiger charge is 2.60. The monoisotopic (exact) mass is 445 g/mol. The molecule has 1 aromatic carbocycles. The van der Waals surface area contributed by atoms with E-state index in [0.717, 1.165) is 18.0 Å². The predicted molar refractivity (Wildman–Crippen MR) is 104 cm³/mol. The minimum absolute atomic E-state index is 0.0670. The number of halogens is 5. The first-order valence-electron chi connectivity index (χ1n) is 9.26. The normalized spacial score (nSPS) is 12.7. The van der Waals surface area contributed by atoms with Crippen LogP contribution in [-0.2, 0) is 5.92 Å². The van der Waals surface area contributed by atoms with Crippen molar-refractivity contribution < 1.29 is 26.4 Å². The molecule has 0 saturated heterocycles. The Labute approximate surface area is 176 Å². The Bertz CT molecular complexity index is 1440. The van der Waals surface area contributed by atoms with Gasteiger partial charge in [-0.25, -0.2) is 9.97 Å². The molecule has 0 fully saturated rings. The summed E-state index contributed by atoms with van der Waals surface area (Å²) in [5, 5.41) is 7.67. The van der Waals surface area contributed by atoms with Crippen LogP contribution in [0.1, 0.15) is 11.3 Å². The number of pyridine rings is 2. The molecule has 0 aliphatic carbocycles. The number of fused-ring (bicyclic) bond motifs is 3. The predicted octanol–water partition coefficient (Wildman–Crippen LogP) is 5.56. The van der Waals surface area contributed by atoms with Crippen molar-refractivity contribution in [3.8, 4) is 22.7 Å². The van der Waals surface area contributed by atoms with Gasteiger partial charge in [-0.2, -0.15) is 22.0 Å². The Hall–Kier alpha value is -3.89. The first-order valence-corrected chi connectivity index (χ1v) is 9.26. The standard InChI is InChI=1S/C21H12F5N5O/c1-11-2-4-12(5-3-11)14-8-16(20(22,23)21(24,25)26)29-18-13(14)6-7-17-28-15(9-31(17)18)19-30-27-10-32-19/h2-10H,1H3. The van der Waals surface area contributed by atoms with Crippen molar-refractivity contribution in [2.24, 2.45) is 0 Å². The molecular weight excluding hydrogens is 433 g/mol.